The van der Waals surface area contributed by atoms with E-state index in [1.807, 2.05) is 0 Å². The summed E-state index contributed by atoms with van der Waals surface area (Å²) in [5.74, 6) is 0. The zero-order valence-electron chi connectivity index (χ0n) is 14.7. The van der Waals surface area contributed by atoms with Gasteiger partial charge in [-0.25, -0.2) is 0 Å². The Labute approximate surface area is 141 Å². The summed E-state index contributed by atoms with van der Waals surface area (Å²) in [5, 5.41) is 0. The van der Waals surface area contributed by atoms with Crippen molar-refractivity contribution in [1.82, 2.24) is 0 Å². The molecule has 0 aliphatic heterocycles. The Morgan fingerprint density at radius 1 is 0.810 bits per heavy atom. The molecule has 0 radical (unpaired) electrons. The predicted octanol–water partition coefficient (Wildman–Crippen LogP) is 7.51. The van der Waals surface area contributed by atoms with Gasteiger partial charge in [0.25, 0.3) is 0 Å². The van der Waals surface area contributed by atoms with E-state index >= 15 is 0 Å². The van der Waals surface area contributed by atoms with Crippen molar-refractivity contribution in [2.24, 2.45) is 0 Å². The van der Waals surface area contributed by atoms with Crippen LogP contribution in [0.5, 0.6) is 0 Å². The molecule has 0 amide bonds. The van der Waals surface area contributed by atoms with Crippen LogP contribution in [0.25, 0.3) is 0 Å². The molecule has 0 aromatic carbocycles. The van der Waals surface area contributed by atoms with Gasteiger partial charge in [-0.1, -0.05) is 0 Å². The molecule has 0 bridgehead atoms. The van der Waals surface area contributed by atoms with Crippen LogP contribution in [0, 0.1) is 0 Å². The van der Waals surface area contributed by atoms with Crippen molar-refractivity contribution in [2.45, 2.75) is 97.5 Å². The quantitative estimate of drug-likeness (QED) is 0.336. The van der Waals surface area contributed by atoms with Crippen molar-refractivity contribution in [3.8, 4) is 0 Å². The molecule has 0 aromatic heterocycles. The van der Waals surface area contributed by atoms with Gasteiger partial charge >= 0.3 is 142 Å². The van der Waals surface area contributed by atoms with E-state index in [4.69, 9.17) is 4.52 Å². The van der Waals surface area contributed by atoms with E-state index in [0.717, 1.165) is 0 Å². The summed E-state index contributed by atoms with van der Waals surface area (Å²) >= 11 is 4.34. The van der Waals surface area contributed by atoms with Crippen molar-refractivity contribution in [2.75, 3.05) is 18.5 Å². The van der Waals surface area contributed by atoms with Crippen molar-refractivity contribution >= 4 is 21.0 Å². The Morgan fingerprint density at radius 2 is 1.24 bits per heavy atom. The van der Waals surface area contributed by atoms with E-state index in [1.165, 1.54) is 89.1 Å². The van der Waals surface area contributed by atoms with Crippen LogP contribution in [0.1, 0.15) is 91.4 Å². The average Bonchev–Trinajstić information content (AvgIpc) is 2.51. The monoisotopic (exact) mass is 380 g/mol. The Hall–Kier alpha value is 0.870. The van der Waals surface area contributed by atoms with Crippen LogP contribution in [0.3, 0.4) is 0 Å². The van der Waals surface area contributed by atoms with Crippen LogP contribution in [0.2, 0.25) is 0 Å². The van der Waals surface area contributed by atoms with E-state index in [-0.39, 0.29) is 0 Å². The molecule has 21 heavy (non-hydrogen) atoms. The summed E-state index contributed by atoms with van der Waals surface area (Å²) in [6.45, 7) is 6.94. The zero-order valence-corrected chi connectivity index (χ0v) is 17.2. The molecule has 0 N–H and O–H groups in total. The van der Waals surface area contributed by atoms with Crippen molar-refractivity contribution in [3.05, 3.63) is 0 Å². The molecule has 1 saturated carbocycles. The van der Waals surface area contributed by atoms with Crippen LogP contribution < -0.4 is 0 Å². The van der Waals surface area contributed by atoms with Gasteiger partial charge < -0.3 is 0 Å². The number of halogens is 1. The minimum absolute atomic E-state index is 0.543. The number of rotatable bonds is 11. The second kappa shape index (κ2) is 9.89. The first-order valence-electron chi connectivity index (χ1n) is 9.47. The van der Waals surface area contributed by atoms with Crippen LogP contribution >= 0.6 is 21.0 Å². The SMILES string of the molecule is CCCCP(Br)(CCCC)(CCCC)OC1CCCCC1. The first-order chi connectivity index (χ1) is 10.1. The van der Waals surface area contributed by atoms with E-state index in [1.54, 1.807) is 0 Å². The van der Waals surface area contributed by atoms with Gasteiger partial charge in [0.2, 0.25) is 0 Å². The van der Waals surface area contributed by atoms with E-state index in [9.17, 15) is 0 Å². The Bertz CT molecular complexity index is 252. The third kappa shape index (κ3) is 6.88. The Balaban J connectivity index is 2.83. The summed E-state index contributed by atoms with van der Waals surface area (Å²) in [5.41, 5.74) is -2.12. The maximum absolute atomic E-state index is 7.02. The predicted molar refractivity (Wildman–Crippen MR) is 103 cm³/mol. The van der Waals surface area contributed by atoms with Gasteiger partial charge in [0.15, 0.2) is 0 Å². The molecule has 3 heteroatoms. The third-order valence-corrected chi connectivity index (χ3v) is 13.4. The summed E-state index contributed by atoms with van der Waals surface area (Å²) in [4.78, 5) is 0. The van der Waals surface area contributed by atoms with E-state index in [2.05, 4.69) is 36.3 Å². The maximum atomic E-state index is 7.02. The molecule has 0 saturated heterocycles. The van der Waals surface area contributed by atoms with Crippen molar-refractivity contribution in [3.63, 3.8) is 0 Å². The summed E-state index contributed by atoms with van der Waals surface area (Å²) in [6.07, 6.45) is 19.0. The first kappa shape index (κ1) is 19.9. The fraction of sp³-hybridized carbons (Fsp3) is 1.00. The molecule has 1 nitrogen and oxygen atoms in total. The second-order valence-electron chi connectivity index (χ2n) is 7.08. The van der Waals surface area contributed by atoms with Gasteiger partial charge in [-0.2, -0.15) is 0 Å². The second-order valence-corrected chi connectivity index (χ2v) is 17.0. The van der Waals surface area contributed by atoms with Crippen molar-refractivity contribution in [1.29, 1.82) is 0 Å². The van der Waals surface area contributed by atoms with Crippen LogP contribution in [0.15, 0.2) is 0 Å². The molecule has 0 atom stereocenters. The van der Waals surface area contributed by atoms with E-state index < -0.39 is 5.53 Å². The van der Waals surface area contributed by atoms with Crippen LogP contribution in [-0.4, -0.2) is 24.6 Å². The van der Waals surface area contributed by atoms with Gasteiger partial charge in [0.1, 0.15) is 0 Å². The number of hydrogen-bond donors (Lipinski definition) is 0. The molecule has 1 rings (SSSR count). The third-order valence-electron chi connectivity index (χ3n) is 4.98. The first-order valence-corrected chi connectivity index (χ1v) is 14.2. The fourth-order valence-electron chi connectivity index (χ4n) is 3.55. The van der Waals surface area contributed by atoms with Crippen molar-refractivity contribution < 1.29 is 4.52 Å². The topological polar surface area (TPSA) is 9.23 Å². The van der Waals surface area contributed by atoms with Gasteiger partial charge in [-0.3, -0.25) is 0 Å². The number of unbranched alkanes of at least 4 members (excludes halogenated alkanes) is 3. The normalized spacial score (nSPS) is 19.3. The molecule has 0 spiro atoms. The molecular formula is C18H38BrOP. The average molecular weight is 381 g/mol. The zero-order chi connectivity index (χ0) is 15.6. The van der Waals surface area contributed by atoms with Gasteiger partial charge in [-0.05, 0) is 0 Å². The Kier molecular flexibility index (Phi) is 9.38. The molecule has 0 unspecified atom stereocenters. The number of hydrogen-bond acceptors (Lipinski definition) is 1. The van der Waals surface area contributed by atoms with E-state index in [0.29, 0.717) is 6.10 Å². The fourth-order valence-corrected chi connectivity index (χ4v) is 11.5. The molecule has 1 fully saturated rings. The van der Waals surface area contributed by atoms with Gasteiger partial charge in [0.05, 0.1) is 0 Å². The summed E-state index contributed by atoms with van der Waals surface area (Å²) < 4.78 is 7.02. The molecule has 0 heterocycles. The summed E-state index contributed by atoms with van der Waals surface area (Å²) in [6, 6.07) is 0. The molecule has 0 aromatic rings. The van der Waals surface area contributed by atoms with Gasteiger partial charge in [0, 0.05) is 0 Å². The standard InChI is InChI=1S/C18H38BrOP/c1-4-7-15-21(19,16-8-5-2,17-9-6-3)20-18-13-11-10-12-14-18/h18H,4-17H2,1-3H3. The van der Waals surface area contributed by atoms with Crippen LogP contribution in [-0.2, 0) is 4.52 Å². The molecule has 128 valence electrons. The summed E-state index contributed by atoms with van der Waals surface area (Å²) in [7, 11) is 0. The Morgan fingerprint density at radius 3 is 1.62 bits per heavy atom. The van der Waals surface area contributed by atoms with Gasteiger partial charge in [-0.15, -0.1) is 0 Å². The van der Waals surface area contributed by atoms with Crippen LogP contribution in [0.4, 0.5) is 0 Å². The minimum atomic E-state index is -2.12. The molecular weight excluding hydrogens is 343 g/mol. The molecule has 1 aliphatic carbocycles. The molecule has 1 aliphatic rings.